The standard InChI is InChI=1S/C27H25N5O5/c1-18-14-26(34)32(31-18)22-11-9-20(10-12-22)27(35)30-28-16-19-8-13-23(24(15-19)36-2)37-17-25(33)29-21-6-4-3-5-7-21/h3-16,31H,17H2,1-2H3,(H,29,33)(H,30,35)/b28-16+. The van der Waals surface area contributed by atoms with E-state index in [-0.39, 0.29) is 18.1 Å². The molecule has 0 radical (unpaired) electrons. The Bertz CT molecular complexity index is 1470. The monoisotopic (exact) mass is 499 g/mol. The quantitative estimate of drug-likeness (QED) is 0.241. The van der Waals surface area contributed by atoms with E-state index in [1.165, 1.54) is 24.1 Å². The molecule has 0 saturated heterocycles. The van der Waals surface area contributed by atoms with E-state index in [0.717, 1.165) is 5.69 Å². The van der Waals surface area contributed by atoms with Gasteiger partial charge in [0.25, 0.3) is 17.4 Å². The Labute approximate surface area is 212 Å². The van der Waals surface area contributed by atoms with E-state index >= 15 is 0 Å². The van der Waals surface area contributed by atoms with Crippen LogP contribution in [0.5, 0.6) is 11.5 Å². The van der Waals surface area contributed by atoms with Crippen LogP contribution in [0.3, 0.4) is 0 Å². The number of rotatable bonds is 9. The van der Waals surface area contributed by atoms with Gasteiger partial charge in [0, 0.05) is 23.0 Å². The number of hydrogen-bond donors (Lipinski definition) is 3. The number of hydrazone groups is 1. The average molecular weight is 500 g/mol. The molecule has 1 aromatic heterocycles. The maximum absolute atomic E-state index is 12.4. The summed E-state index contributed by atoms with van der Waals surface area (Å²) in [5.41, 5.74) is 5.35. The Hall–Kier alpha value is -5.12. The van der Waals surface area contributed by atoms with Crippen LogP contribution in [0.25, 0.3) is 5.69 Å². The molecule has 37 heavy (non-hydrogen) atoms. The highest BCUT2D eigenvalue weighted by Gasteiger charge is 2.10. The Morgan fingerprint density at radius 3 is 2.43 bits per heavy atom. The summed E-state index contributed by atoms with van der Waals surface area (Å²) in [6, 6.07) is 22.2. The van der Waals surface area contributed by atoms with Gasteiger partial charge in [-0.15, -0.1) is 0 Å². The summed E-state index contributed by atoms with van der Waals surface area (Å²) in [6.07, 6.45) is 1.46. The average Bonchev–Trinajstić information content (AvgIpc) is 3.25. The molecule has 0 unspecified atom stereocenters. The molecule has 0 fully saturated rings. The summed E-state index contributed by atoms with van der Waals surface area (Å²) >= 11 is 0. The van der Waals surface area contributed by atoms with Crippen LogP contribution in [-0.2, 0) is 4.79 Å². The number of H-pyrrole nitrogens is 1. The highest BCUT2D eigenvalue weighted by atomic mass is 16.5. The highest BCUT2D eigenvalue weighted by molar-refractivity contribution is 5.95. The number of hydrogen-bond acceptors (Lipinski definition) is 6. The van der Waals surface area contributed by atoms with Crippen LogP contribution in [0.4, 0.5) is 5.69 Å². The van der Waals surface area contributed by atoms with Gasteiger partial charge in [-0.1, -0.05) is 18.2 Å². The number of para-hydroxylation sites is 1. The van der Waals surface area contributed by atoms with Crippen LogP contribution >= 0.6 is 0 Å². The minimum atomic E-state index is -0.408. The van der Waals surface area contributed by atoms with Crippen molar-refractivity contribution < 1.29 is 19.1 Å². The van der Waals surface area contributed by atoms with Gasteiger partial charge in [-0.05, 0) is 67.1 Å². The SMILES string of the molecule is COc1cc(/C=N/NC(=O)c2ccc(-n3[nH]c(C)cc3=O)cc2)ccc1OCC(=O)Nc1ccccc1. The molecule has 0 aliphatic heterocycles. The third-order valence-corrected chi connectivity index (χ3v) is 5.22. The lowest BCUT2D eigenvalue weighted by atomic mass is 10.2. The van der Waals surface area contributed by atoms with Gasteiger partial charge in [0.1, 0.15) is 0 Å². The molecule has 3 N–H and O–H groups in total. The van der Waals surface area contributed by atoms with Crippen molar-refractivity contribution in [1.82, 2.24) is 15.2 Å². The van der Waals surface area contributed by atoms with Crippen molar-refractivity contribution in [1.29, 1.82) is 0 Å². The van der Waals surface area contributed by atoms with Gasteiger partial charge >= 0.3 is 0 Å². The second-order valence-corrected chi connectivity index (χ2v) is 7.97. The predicted octanol–water partition coefficient (Wildman–Crippen LogP) is 3.26. The minimum Gasteiger partial charge on any atom is -0.493 e. The van der Waals surface area contributed by atoms with E-state index < -0.39 is 5.91 Å². The Balaban J connectivity index is 1.33. The van der Waals surface area contributed by atoms with Crippen LogP contribution in [-0.4, -0.2) is 41.5 Å². The molecule has 0 bridgehead atoms. The maximum atomic E-state index is 12.4. The fraction of sp³-hybridized carbons (Fsp3) is 0.111. The molecule has 4 aromatic rings. The molecule has 1 heterocycles. The highest BCUT2D eigenvalue weighted by Crippen LogP contribution is 2.27. The van der Waals surface area contributed by atoms with Crippen LogP contribution in [0.2, 0.25) is 0 Å². The number of ether oxygens (including phenoxy) is 2. The molecule has 0 atom stereocenters. The first kappa shape index (κ1) is 25.0. The molecular weight excluding hydrogens is 474 g/mol. The molecule has 4 rings (SSSR count). The van der Waals surface area contributed by atoms with E-state index in [1.54, 1.807) is 61.5 Å². The number of nitrogens with zero attached hydrogens (tertiary/aromatic N) is 2. The number of methoxy groups -OCH3 is 1. The van der Waals surface area contributed by atoms with Gasteiger partial charge in [-0.3, -0.25) is 19.5 Å². The zero-order chi connectivity index (χ0) is 26.2. The lowest BCUT2D eigenvalue weighted by Crippen LogP contribution is -2.20. The number of benzene rings is 3. The van der Waals surface area contributed by atoms with E-state index in [2.05, 4.69) is 20.9 Å². The normalized spacial score (nSPS) is 10.8. The van der Waals surface area contributed by atoms with Gasteiger partial charge in [0.15, 0.2) is 18.1 Å². The first-order valence-electron chi connectivity index (χ1n) is 11.3. The number of aryl methyl sites for hydroxylation is 1. The van der Waals surface area contributed by atoms with Crippen molar-refractivity contribution in [3.05, 3.63) is 106 Å². The lowest BCUT2D eigenvalue weighted by molar-refractivity contribution is -0.118. The predicted molar refractivity (Wildman–Crippen MR) is 140 cm³/mol. The molecule has 10 heteroatoms. The van der Waals surface area contributed by atoms with Crippen LogP contribution < -0.4 is 25.8 Å². The molecule has 10 nitrogen and oxygen atoms in total. The number of aromatic nitrogens is 2. The third kappa shape index (κ3) is 6.51. The molecule has 2 amide bonds. The number of aromatic amines is 1. The maximum Gasteiger partial charge on any atom is 0.271 e. The fourth-order valence-corrected chi connectivity index (χ4v) is 3.44. The molecule has 0 aliphatic rings. The Morgan fingerprint density at radius 1 is 1.00 bits per heavy atom. The summed E-state index contributed by atoms with van der Waals surface area (Å²) in [7, 11) is 1.49. The molecule has 0 spiro atoms. The number of carbonyl (C=O) groups excluding carboxylic acids is 2. The molecule has 0 aliphatic carbocycles. The Morgan fingerprint density at radius 2 is 1.76 bits per heavy atom. The molecule has 3 aromatic carbocycles. The van der Waals surface area contributed by atoms with Gasteiger partial charge in [-0.25, -0.2) is 10.1 Å². The fourth-order valence-electron chi connectivity index (χ4n) is 3.44. The summed E-state index contributed by atoms with van der Waals surface area (Å²) < 4.78 is 12.3. The molecular formula is C27H25N5O5. The van der Waals surface area contributed by atoms with E-state index in [1.807, 2.05) is 18.2 Å². The second-order valence-electron chi connectivity index (χ2n) is 7.97. The number of nitrogens with one attached hydrogen (secondary N) is 3. The van der Waals surface area contributed by atoms with E-state index in [9.17, 15) is 14.4 Å². The van der Waals surface area contributed by atoms with Crippen LogP contribution in [0, 0.1) is 6.92 Å². The topological polar surface area (TPSA) is 127 Å². The smallest absolute Gasteiger partial charge is 0.271 e. The van der Waals surface area contributed by atoms with Crippen molar-refractivity contribution in [3.8, 4) is 17.2 Å². The summed E-state index contributed by atoms with van der Waals surface area (Å²) in [5, 5.41) is 9.68. The number of carbonyl (C=O) groups is 2. The number of anilines is 1. The summed E-state index contributed by atoms with van der Waals surface area (Å²) in [4.78, 5) is 36.5. The van der Waals surface area contributed by atoms with Crippen molar-refractivity contribution in [2.45, 2.75) is 6.92 Å². The van der Waals surface area contributed by atoms with E-state index in [0.29, 0.717) is 34.0 Å². The van der Waals surface area contributed by atoms with Gasteiger partial charge in [0.2, 0.25) is 0 Å². The number of amides is 2. The van der Waals surface area contributed by atoms with Crippen molar-refractivity contribution in [3.63, 3.8) is 0 Å². The summed E-state index contributed by atoms with van der Waals surface area (Å²) in [5.74, 6) is 0.0930. The first-order valence-corrected chi connectivity index (χ1v) is 11.3. The van der Waals surface area contributed by atoms with Crippen LogP contribution in [0.15, 0.2) is 88.8 Å². The third-order valence-electron chi connectivity index (χ3n) is 5.22. The molecule has 0 saturated carbocycles. The molecule has 188 valence electrons. The first-order chi connectivity index (χ1) is 17.9. The zero-order valence-electron chi connectivity index (χ0n) is 20.2. The van der Waals surface area contributed by atoms with Crippen LogP contribution in [0.1, 0.15) is 21.6 Å². The van der Waals surface area contributed by atoms with Crippen molar-refractivity contribution in [2.24, 2.45) is 5.10 Å². The Kier molecular flexibility index (Phi) is 7.79. The van der Waals surface area contributed by atoms with Crippen molar-refractivity contribution >= 4 is 23.7 Å². The minimum absolute atomic E-state index is 0.179. The second kappa shape index (κ2) is 11.5. The van der Waals surface area contributed by atoms with Crippen molar-refractivity contribution in [2.75, 3.05) is 19.0 Å². The van der Waals surface area contributed by atoms with Gasteiger partial charge in [-0.2, -0.15) is 5.10 Å². The largest absolute Gasteiger partial charge is 0.493 e. The van der Waals surface area contributed by atoms with Gasteiger partial charge in [0.05, 0.1) is 19.0 Å². The van der Waals surface area contributed by atoms with E-state index in [4.69, 9.17) is 9.47 Å². The zero-order valence-corrected chi connectivity index (χ0v) is 20.2. The summed E-state index contributed by atoms with van der Waals surface area (Å²) in [6.45, 7) is 1.60. The van der Waals surface area contributed by atoms with Gasteiger partial charge < -0.3 is 14.8 Å². The lowest BCUT2D eigenvalue weighted by Gasteiger charge is -2.11.